The molecule has 1 aliphatic rings. The minimum atomic E-state index is -3.01. The van der Waals surface area contributed by atoms with Crippen LogP contribution in [0.5, 0.6) is 5.75 Å². The lowest BCUT2D eigenvalue weighted by atomic mass is 10.1. The Morgan fingerprint density at radius 2 is 1.70 bits per heavy atom. The number of ether oxygens (including phenoxy) is 1. The second-order valence-corrected chi connectivity index (χ2v) is 7.08. The summed E-state index contributed by atoms with van der Waals surface area (Å²) in [5.41, 5.74) is 2.24. The predicted octanol–water partition coefficient (Wildman–Crippen LogP) is 3.07. The molecule has 1 saturated heterocycles. The molecule has 2 heterocycles. The van der Waals surface area contributed by atoms with Crippen LogP contribution in [-0.4, -0.2) is 64.6 Å². The lowest BCUT2D eigenvalue weighted by molar-refractivity contribution is -0.0503. The number of nitrogens with zero attached hydrogens (tertiary/aromatic N) is 3. The maximum Gasteiger partial charge on any atom is 0.387 e. The predicted molar refractivity (Wildman–Crippen MR) is 106 cm³/mol. The summed E-state index contributed by atoms with van der Waals surface area (Å²) in [5, 5.41) is 7.80. The second kappa shape index (κ2) is 8.10. The summed E-state index contributed by atoms with van der Waals surface area (Å²) in [4.78, 5) is 28.9. The Labute approximate surface area is 171 Å². The van der Waals surface area contributed by atoms with E-state index >= 15 is 0 Å². The SMILES string of the molecule is Cc1ccc2[nH]nc(C(=O)N3CCN(C(=O)c4ccccc4OC(F)F)CC3)c2c1. The molecule has 0 bridgehead atoms. The first-order valence-corrected chi connectivity index (χ1v) is 9.51. The van der Waals surface area contributed by atoms with Gasteiger partial charge < -0.3 is 14.5 Å². The minimum Gasteiger partial charge on any atom is -0.434 e. The van der Waals surface area contributed by atoms with Crippen LogP contribution in [0.15, 0.2) is 42.5 Å². The highest BCUT2D eigenvalue weighted by molar-refractivity contribution is 6.05. The van der Waals surface area contributed by atoms with Gasteiger partial charge in [-0.1, -0.05) is 23.8 Å². The van der Waals surface area contributed by atoms with Crippen molar-refractivity contribution in [1.82, 2.24) is 20.0 Å². The van der Waals surface area contributed by atoms with Crippen molar-refractivity contribution < 1.29 is 23.1 Å². The summed E-state index contributed by atoms with van der Waals surface area (Å²) in [7, 11) is 0. The van der Waals surface area contributed by atoms with Crippen molar-refractivity contribution in [2.45, 2.75) is 13.5 Å². The highest BCUT2D eigenvalue weighted by atomic mass is 19.3. The van der Waals surface area contributed by atoms with Crippen molar-refractivity contribution in [2.75, 3.05) is 26.2 Å². The molecule has 0 unspecified atom stereocenters. The van der Waals surface area contributed by atoms with E-state index in [0.29, 0.717) is 18.8 Å². The average molecular weight is 414 g/mol. The van der Waals surface area contributed by atoms with Gasteiger partial charge in [0.25, 0.3) is 11.8 Å². The number of H-pyrrole nitrogens is 1. The Morgan fingerprint density at radius 1 is 1.03 bits per heavy atom. The van der Waals surface area contributed by atoms with Gasteiger partial charge in [-0.25, -0.2) is 0 Å². The topological polar surface area (TPSA) is 78.5 Å². The highest BCUT2D eigenvalue weighted by Gasteiger charge is 2.29. The lowest BCUT2D eigenvalue weighted by Gasteiger charge is -2.34. The van der Waals surface area contributed by atoms with Crippen LogP contribution in [0.3, 0.4) is 0 Å². The number of halogens is 2. The Hall–Kier alpha value is -3.49. The number of fused-ring (bicyclic) bond motifs is 1. The smallest absolute Gasteiger partial charge is 0.387 e. The van der Waals surface area contributed by atoms with Crippen molar-refractivity contribution >= 4 is 22.7 Å². The van der Waals surface area contributed by atoms with Gasteiger partial charge in [0.2, 0.25) is 0 Å². The number of hydrogen-bond acceptors (Lipinski definition) is 4. The highest BCUT2D eigenvalue weighted by Crippen LogP contribution is 2.23. The van der Waals surface area contributed by atoms with Gasteiger partial charge in [-0.15, -0.1) is 0 Å². The number of para-hydroxylation sites is 1. The summed E-state index contributed by atoms with van der Waals surface area (Å²) < 4.78 is 29.7. The molecule has 156 valence electrons. The van der Waals surface area contributed by atoms with Crippen molar-refractivity contribution in [1.29, 1.82) is 0 Å². The normalized spacial score (nSPS) is 14.4. The summed E-state index contributed by atoms with van der Waals surface area (Å²) in [6.07, 6.45) is 0. The number of aryl methyl sites for hydroxylation is 1. The summed E-state index contributed by atoms with van der Waals surface area (Å²) in [6, 6.07) is 11.6. The van der Waals surface area contributed by atoms with Gasteiger partial charge in [0.05, 0.1) is 11.1 Å². The van der Waals surface area contributed by atoms with Gasteiger partial charge in [0.1, 0.15) is 5.75 Å². The van der Waals surface area contributed by atoms with Gasteiger partial charge in [-0.2, -0.15) is 13.9 Å². The van der Waals surface area contributed by atoms with Crippen molar-refractivity contribution in [3.05, 3.63) is 59.3 Å². The van der Waals surface area contributed by atoms with Crippen molar-refractivity contribution in [2.24, 2.45) is 0 Å². The molecule has 0 saturated carbocycles. The van der Waals surface area contributed by atoms with Crippen LogP contribution < -0.4 is 4.74 Å². The number of piperazine rings is 1. The number of rotatable bonds is 4. The van der Waals surface area contributed by atoms with E-state index in [1.807, 2.05) is 25.1 Å². The zero-order valence-electron chi connectivity index (χ0n) is 16.3. The first-order valence-electron chi connectivity index (χ1n) is 9.51. The van der Waals surface area contributed by atoms with E-state index in [9.17, 15) is 18.4 Å². The third-order valence-corrected chi connectivity index (χ3v) is 5.11. The van der Waals surface area contributed by atoms with E-state index in [1.165, 1.54) is 23.1 Å². The summed E-state index contributed by atoms with van der Waals surface area (Å²) in [5.74, 6) is -0.769. The molecule has 9 heteroatoms. The molecular weight excluding hydrogens is 394 g/mol. The second-order valence-electron chi connectivity index (χ2n) is 7.08. The van der Waals surface area contributed by atoms with Crippen LogP contribution >= 0.6 is 0 Å². The Bertz CT molecular complexity index is 1090. The first-order chi connectivity index (χ1) is 14.4. The fourth-order valence-electron chi connectivity index (χ4n) is 3.57. The molecule has 4 rings (SSSR count). The monoisotopic (exact) mass is 414 g/mol. The maximum atomic E-state index is 12.9. The molecular formula is C21H20F2N4O3. The van der Waals surface area contributed by atoms with Crippen LogP contribution in [0.1, 0.15) is 26.4 Å². The molecule has 7 nitrogen and oxygen atoms in total. The van der Waals surface area contributed by atoms with Gasteiger partial charge in [0, 0.05) is 31.6 Å². The number of amides is 2. The molecule has 0 atom stereocenters. The van der Waals surface area contributed by atoms with Crippen LogP contribution in [0.2, 0.25) is 0 Å². The third-order valence-electron chi connectivity index (χ3n) is 5.11. The quantitative estimate of drug-likeness (QED) is 0.712. The number of carbonyl (C=O) groups excluding carboxylic acids is 2. The Morgan fingerprint density at radius 3 is 2.40 bits per heavy atom. The Kier molecular flexibility index (Phi) is 5.35. The molecule has 1 aromatic heterocycles. The standard InChI is InChI=1S/C21H20F2N4O3/c1-13-6-7-16-15(12-13)18(25-24-16)20(29)27-10-8-26(9-11-27)19(28)14-4-2-3-5-17(14)30-21(22)23/h2-7,12,21H,8-11H2,1H3,(H,24,25). The molecule has 0 aliphatic carbocycles. The lowest BCUT2D eigenvalue weighted by Crippen LogP contribution is -2.50. The van der Waals surface area contributed by atoms with Gasteiger partial charge in [0.15, 0.2) is 5.69 Å². The van der Waals surface area contributed by atoms with Crippen molar-refractivity contribution in [3.63, 3.8) is 0 Å². The van der Waals surface area contributed by atoms with E-state index in [0.717, 1.165) is 16.5 Å². The number of aromatic nitrogens is 2. The van der Waals surface area contributed by atoms with Gasteiger partial charge >= 0.3 is 6.61 Å². The van der Waals surface area contributed by atoms with Crippen molar-refractivity contribution in [3.8, 4) is 5.75 Å². The molecule has 2 amide bonds. The number of benzene rings is 2. The summed E-state index contributed by atoms with van der Waals surface area (Å²) >= 11 is 0. The molecule has 30 heavy (non-hydrogen) atoms. The number of aromatic amines is 1. The van der Waals surface area contributed by atoms with Crippen LogP contribution in [0.25, 0.3) is 10.9 Å². The largest absolute Gasteiger partial charge is 0.434 e. The fraction of sp³-hybridized carbons (Fsp3) is 0.286. The maximum absolute atomic E-state index is 12.9. The number of nitrogens with one attached hydrogen (secondary N) is 1. The molecule has 3 aromatic rings. The fourth-order valence-corrected chi connectivity index (χ4v) is 3.57. The zero-order valence-corrected chi connectivity index (χ0v) is 16.3. The molecule has 0 spiro atoms. The minimum absolute atomic E-state index is 0.0753. The summed E-state index contributed by atoms with van der Waals surface area (Å²) in [6.45, 7) is 0.149. The van der Waals surface area contributed by atoms with E-state index in [2.05, 4.69) is 14.9 Å². The molecule has 1 fully saturated rings. The van der Waals surface area contributed by atoms with E-state index in [-0.39, 0.29) is 30.3 Å². The zero-order chi connectivity index (χ0) is 21.3. The van der Waals surface area contributed by atoms with Gasteiger partial charge in [-0.05, 0) is 31.2 Å². The molecule has 1 N–H and O–H groups in total. The molecule has 0 radical (unpaired) electrons. The average Bonchev–Trinajstić information content (AvgIpc) is 3.16. The van der Waals surface area contributed by atoms with Crippen LogP contribution in [-0.2, 0) is 0 Å². The Balaban J connectivity index is 1.45. The van der Waals surface area contributed by atoms with Gasteiger partial charge in [-0.3, -0.25) is 14.7 Å². The van der Waals surface area contributed by atoms with E-state index < -0.39 is 12.5 Å². The van der Waals surface area contributed by atoms with E-state index in [1.54, 1.807) is 11.0 Å². The number of hydrogen-bond donors (Lipinski definition) is 1. The van der Waals surface area contributed by atoms with Crippen LogP contribution in [0, 0.1) is 6.92 Å². The molecule has 1 aliphatic heterocycles. The molecule has 2 aromatic carbocycles. The number of alkyl halides is 2. The van der Waals surface area contributed by atoms with E-state index in [4.69, 9.17) is 0 Å². The van der Waals surface area contributed by atoms with Crippen LogP contribution in [0.4, 0.5) is 8.78 Å². The first kappa shape index (κ1) is 19.8. The number of carbonyl (C=O) groups is 2. The third kappa shape index (κ3) is 3.83.